The third kappa shape index (κ3) is 2.56. The topological polar surface area (TPSA) is 46.2 Å². The Morgan fingerprint density at radius 2 is 1.93 bits per heavy atom. The molecule has 0 aliphatic rings. The van der Waals surface area contributed by atoms with Crippen LogP contribution in [0.3, 0.4) is 0 Å². The SMILES string of the molecule is CC(CO)(CCN)c1ccc(Br)cc1. The van der Waals surface area contributed by atoms with Crippen LogP contribution in [0.15, 0.2) is 28.7 Å². The van der Waals surface area contributed by atoms with Crippen molar-refractivity contribution in [2.45, 2.75) is 18.8 Å². The molecule has 0 heterocycles. The van der Waals surface area contributed by atoms with Crippen molar-refractivity contribution in [1.82, 2.24) is 0 Å². The van der Waals surface area contributed by atoms with Crippen LogP contribution in [0.1, 0.15) is 18.9 Å². The zero-order chi connectivity index (χ0) is 10.6. The van der Waals surface area contributed by atoms with E-state index in [2.05, 4.69) is 15.9 Å². The van der Waals surface area contributed by atoms with Crippen LogP contribution in [0, 0.1) is 0 Å². The second-order valence-corrected chi connectivity index (χ2v) is 4.68. The lowest BCUT2D eigenvalue weighted by Gasteiger charge is -2.27. The largest absolute Gasteiger partial charge is 0.395 e. The van der Waals surface area contributed by atoms with Crippen molar-refractivity contribution in [2.24, 2.45) is 5.73 Å². The molecule has 3 N–H and O–H groups in total. The van der Waals surface area contributed by atoms with Gasteiger partial charge in [0.25, 0.3) is 0 Å². The summed E-state index contributed by atoms with van der Waals surface area (Å²) in [7, 11) is 0. The fourth-order valence-electron chi connectivity index (χ4n) is 1.49. The van der Waals surface area contributed by atoms with E-state index in [1.165, 1.54) is 0 Å². The van der Waals surface area contributed by atoms with Crippen molar-refractivity contribution in [1.29, 1.82) is 0 Å². The summed E-state index contributed by atoms with van der Waals surface area (Å²) >= 11 is 3.39. The van der Waals surface area contributed by atoms with Gasteiger partial charge in [0.15, 0.2) is 0 Å². The predicted molar refractivity (Wildman–Crippen MR) is 62.3 cm³/mol. The number of hydrogen-bond donors (Lipinski definition) is 2. The summed E-state index contributed by atoms with van der Waals surface area (Å²) in [6.07, 6.45) is 0.797. The Hall–Kier alpha value is -0.380. The number of rotatable bonds is 4. The first-order chi connectivity index (χ1) is 6.62. The van der Waals surface area contributed by atoms with Crippen LogP contribution < -0.4 is 5.73 Å². The molecule has 1 aromatic carbocycles. The average Bonchev–Trinajstić information content (AvgIpc) is 2.19. The van der Waals surface area contributed by atoms with E-state index in [1.54, 1.807) is 0 Å². The predicted octanol–water partition coefficient (Wildman–Crippen LogP) is 2.05. The minimum absolute atomic E-state index is 0.131. The number of halogens is 1. The maximum absolute atomic E-state index is 9.37. The van der Waals surface area contributed by atoms with Gasteiger partial charge >= 0.3 is 0 Å². The summed E-state index contributed by atoms with van der Waals surface area (Å²) < 4.78 is 1.05. The molecule has 0 spiro atoms. The first-order valence-corrected chi connectivity index (χ1v) is 5.48. The van der Waals surface area contributed by atoms with Crippen LogP contribution in [-0.2, 0) is 5.41 Å². The van der Waals surface area contributed by atoms with Gasteiger partial charge in [0, 0.05) is 9.89 Å². The average molecular weight is 258 g/mol. The fraction of sp³-hybridized carbons (Fsp3) is 0.455. The molecule has 78 valence electrons. The van der Waals surface area contributed by atoms with Gasteiger partial charge in [-0.15, -0.1) is 0 Å². The Bertz CT molecular complexity index is 286. The van der Waals surface area contributed by atoms with Gasteiger partial charge in [-0.25, -0.2) is 0 Å². The molecule has 0 amide bonds. The van der Waals surface area contributed by atoms with Crippen LogP contribution >= 0.6 is 15.9 Å². The van der Waals surface area contributed by atoms with Gasteiger partial charge in [-0.2, -0.15) is 0 Å². The standard InChI is InChI=1S/C11H16BrNO/c1-11(8-14,6-7-13)9-2-4-10(12)5-3-9/h2-5,14H,6-8,13H2,1H3. The summed E-state index contributed by atoms with van der Waals surface area (Å²) in [4.78, 5) is 0. The van der Waals surface area contributed by atoms with Gasteiger partial charge in [-0.05, 0) is 30.7 Å². The second-order valence-electron chi connectivity index (χ2n) is 3.76. The smallest absolute Gasteiger partial charge is 0.0525 e. The number of hydrogen-bond acceptors (Lipinski definition) is 2. The molecule has 0 saturated carbocycles. The Morgan fingerprint density at radius 1 is 1.36 bits per heavy atom. The van der Waals surface area contributed by atoms with Crippen LogP contribution in [-0.4, -0.2) is 18.3 Å². The molecule has 0 saturated heterocycles. The number of aliphatic hydroxyl groups excluding tert-OH is 1. The minimum Gasteiger partial charge on any atom is -0.395 e. The molecule has 1 aromatic rings. The molecule has 0 fully saturated rings. The van der Waals surface area contributed by atoms with Crippen molar-refractivity contribution in [3.63, 3.8) is 0 Å². The van der Waals surface area contributed by atoms with E-state index in [9.17, 15) is 5.11 Å². The lowest BCUT2D eigenvalue weighted by Crippen LogP contribution is -2.29. The molecule has 1 rings (SSSR count). The van der Waals surface area contributed by atoms with Gasteiger partial charge in [0.05, 0.1) is 6.61 Å². The first-order valence-electron chi connectivity index (χ1n) is 4.69. The molecule has 0 bridgehead atoms. The number of nitrogens with two attached hydrogens (primary N) is 1. The number of benzene rings is 1. The summed E-state index contributed by atoms with van der Waals surface area (Å²) in [5, 5.41) is 9.37. The third-order valence-corrected chi connectivity index (χ3v) is 3.11. The number of aliphatic hydroxyl groups is 1. The van der Waals surface area contributed by atoms with E-state index in [0.29, 0.717) is 6.54 Å². The molecular formula is C11H16BrNO. The highest BCUT2D eigenvalue weighted by Gasteiger charge is 2.24. The minimum atomic E-state index is -0.213. The van der Waals surface area contributed by atoms with Gasteiger partial charge in [0.1, 0.15) is 0 Å². The highest BCUT2D eigenvalue weighted by molar-refractivity contribution is 9.10. The lowest BCUT2D eigenvalue weighted by atomic mass is 9.80. The summed E-state index contributed by atoms with van der Waals surface area (Å²) in [6.45, 7) is 2.75. The molecule has 1 unspecified atom stereocenters. The molecule has 0 aliphatic heterocycles. The summed E-state index contributed by atoms with van der Waals surface area (Å²) in [5.74, 6) is 0. The van der Waals surface area contributed by atoms with Crippen LogP contribution in [0.5, 0.6) is 0 Å². The summed E-state index contributed by atoms with van der Waals surface area (Å²) in [6, 6.07) is 8.02. The highest BCUT2D eigenvalue weighted by atomic mass is 79.9. The lowest BCUT2D eigenvalue weighted by molar-refractivity contribution is 0.199. The van der Waals surface area contributed by atoms with Crippen molar-refractivity contribution < 1.29 is 5.11 Å². The first kappa shape index (κ1) is 11.7. The van der Waals surface area contributed by atoms with Gasteiger partial charge in [-0.3, -0.25) is 0 Å². The zero-order valence-electron chi connectivity index (χ0n) is 8.33. The fourth-order valence-corrected chi connectivity index (χ4v) is 1.75. The van der Waals surface area contributed by atoms with E-state index in [-0.39, 0.29) is 12.0 Å². The Kier molecular flexibility index (Phi) is 4.11. The van der Waals surface area contributed by atoms with E-state index in [0.717, 1.165) is 16.5 Å². The summed E-state index contributed by atoms with van der Waals surface area (Å²) in [5.41, 5.74) is 6.46. The van der Waals surface area contributed by atoms with Crippen LogP contribution in [0.4, 0.5) is 0 Å². The molecule has 0 radical (unpaired) electrons. The van der Waals surface area contributed by atoms with E-state index in [4.69, 9.17) is 5.73 Å². The van der Waals surface area contributed by atoms with Crippen molar-refractivity contribution in [3.8, 4) is 0 Å². The Labute approximate surface area is 93.3 Å². The third-order valence-electron chi connectivity index (χ3n) is 2.59. The molecule has 2 nitrogen and oxygen atoms in total. The van der Waals surface area contributed by atoms with Crippen LogP contribution in [0.2, 0.25) is 0 Å². The molecule has 14 heavy (non-hydrogen) atoms. The molecule has 0 aromatic heterocycles. The molecule has 1 atom stereocenters. The van der Waals surface area contributed by atoms with Crippen molar-refractivity contribution in [2.75, 3.05) is 13.2 Å². The quantitative estimate of drug-likeness (QED) is 0.868. The van der Waals surface area contributed by atoms with Gasteiger partial charge < -0.3 is 10.8 Å². The van der Waals surface area contributed by atoms with Gasteiger partial charge in [-0.1, -0.05) is 35.0 Å². The highest BCUT2D eigenvalue weighted by Crippen LogP contribution is 2.27. The maximum atomic E-state index is 9.37. The Balaban J connectivity index is 2.94. The van der Waals surface area contributed by atoms with Gasteiger partial charge in [0.2, 0.25) is 0 Å². The van der Waals surface area contributed by atoms with Crippen LogP contribution in [0.25, 0.3) is 0 Å². The maximum Gasteiger partial charge on any atom is 0.0525 e. The molecule has 0 aliphatic carbocycles. The Morgan fingerprint density at radius 3 is 2.36 bits per heavy atom. The second kappa shape index (κ2) is 4.91. The zero-order valence-corrected chi connectivity index (χ0v) is 9.92. The van der Waals surface area contributed by atoms with E-state index >= 15 is 0 Å². The molecular weight excluding hydrogens is 242 g/mol. The van der Waals surface area contributed by atoms with Crippen molar-refractivity contribution >= 4 is 15.9 Å². The van der Waals surface area contributed by atoms with E-state index < -0.39 is 0 Å². The molecule has 3 heteroatoms. The monoisotopic (exact) mass is 257 g/mol. The van der Waals surface area contributed by atoms with Crippen molar-refractivity contribution in [3.05, 3.63) is 34.3 Å². The normalized spacial score (nSPS) is 15.1. The van der Waals surface area contributed by atoms with E-state index in [1.807, 2.05) is 31.2 Å².